The van der Waals surface area contributed by atoms with Gasteiger partial charge in [0.05, 0.1) is 6.54 Å². The van der Waals surface area contributed by atoms with Crippen molar-refractivity contribution < 1.29 is 99.3 Å². The molecule has 18 nitrogen and oxygen atoms in total. The predicted octanol–water partition coefficient (Wildman–Crippen LogP) is -3.73. The molecule has 1 heterocycles. The number of hydrogen-bond donors (Lipinski definition) is 3. The number of nitrogens with one attached hydrogen (secondary N) is 2. The van der Waals surface area contributed by atoms with Crippen LogP contribution in [0.3, 0.4) is 0 Å². The topological polar surface area (TPSA) is 239 Å². The molecule has 1 fully saturated rings. The Bertz CT molecular complexity index is 927. The Morgan fingerprint density at radius 2 is 1.33 bits per heavy atom. The number of aliphatic hydroxyl groups excluding tert-OH is 1. The summed E-state index contributed by atoms with van der Waals surface area (Å²) in [4.78, 5) is 77.0. The van der Waals surface area contributed by atoms with Crippen LogP contribution in [0.4, 0.5) is 0 Å². The van der Waals surface area contributed by atoms with Gasteiger partial charge in [-0.15, -0.1) is 24.7 Å². The summed E-state index contributed by atoms with van der Waals surface area (Å²) in [7, 11) is 0. The number of aliphatic hydroxyl groups is 1. The summed E-state index contributed by atoms with van der Waals surface area (Å²) in [5, 5.41) is 47.4. The second-order valence-corrected chi connectivity index (χ2v) is 11.2. The molecule has 1 aliphatic heterocycles. The summed E-state index contributed by atoms with van der Waals surface area (Å²) in [6.07, 6.45) is 2.59. The molecule has 4 amide bonds. The Morgan fingerprint density at radius 3 is 1.86 bits per heavy atom. The van der Waals surface area contributed by atoms with Crippen LogP contribution in [0.1, 0.15) is 64.2 Å². The third kappa shape index (κ3) is 24.4. The zero-order valence-electron chi connectivity index (χ0n) is 27.9. The molecule has 0 aliphatic carbocycles. The first-order valence-corrected chi connectivity index (χ1v) is 16.2. The van der Waals surface area contributed by atoms with Crippen molar-refractivity contribution in [2.45, 2.75) is 70.5 Å². The van der Waals surface area contributed by atoms with Crippen LogP contribution in [0.25, 0.3) is 0 Å². The van der Waals surface area contributed by atoms with E-state index in [2.05, 4.69) is 27.3 Å². The van der Waals surface area contributed by atoms with Crippen LogP contribution in [0.15, 0.2) is 0 Å². The van der Waals surface area contributed by atoms with E-state index in [1.807, 2.05) is 4.90 Å². The van der Waals surface area contributed by atoms with Gasteiger partial charge in [-0.05, 0) is 32.0 Å². The number of rotatable bonds is 30. The molecule has 3 N–H and O–H groups in total. The number of nitrogens with zero attached hydrogens (tertiary/aromatic N) is 4. The molecule has 1 aliphatic rings. The molecular formula is C30H50GdN6O12-6. The molecule has 0 spiro atoms. The van der Waals surface area contributed by atoms with Gasteiger partial charge in [0.25, 0.3) is 11.8 Å². The van der Waals surface area contributed by atoms with Gasteiger partial charge in [-0.3, -0.25) is 24.1 Å². The van der Waals surface area contributed by atoms with Crippen molar-refractivity contribution in [1.29, 1.82) is 0 Å². The Balaban J connectivity index is 0.0000230. The molecule has 286 valence electrons. The molecule has 0 aromatic rings. The molecule has 0 aromatic heterocycles. The van der Waals surface area contributed by atoms with Crippen molar-refractivity contribution >= 4 is 29.6 Å². The fraction of sp³-hybridized carbons (Fsp3) is 0.733. The first-order chi connectivity index (χ1) is 23.1. The van der Waals surface area contributed by atoms with Gasteiger partial charge in [0.2, 0.25) is 11.8 Å². The molecule has 19 heteroatoms. The van der Waals surface area contributed by atoms with Crippen molar-refractivity contribution in [3.05, 3.63) is 20.1 Å². The smallest absolute Gasteiger partial charge is 0.333 e. The zero-order chi connectivity index (χ0) is 35.6. The summed E-state index contributed by atoms with van der Waals surface area (Å²) in [6, 6.07) is 0. The van der Waals surface area contributed by atoms with Gasteiger partial charge in [0, 0.05) is 111 Å². The van der Waals surface area contributed by atoms with Crippen molar-refractivity contribution in [3.8, 4) is 0 Å². The second kappa shape index (κ2) is 30.2. The largest absolute Gasteiger partial charge is 0.830 e. The van der Waals surface area contributed by atoms with Crippen LogP contribution in [-0.4, -0.2) is 133 Å². The number of carbonyl (C=O) groups is 5. The van der Waals surface area contributed by atoms with E-state index in [1.165, 1.54) is 0 Å². The number of amides is 4. The number of imide groups is 1. The summed E-state index contributed by atoms with van der Waals surface area (Å²) >= 11 is 0. The SMILES string of the molecule is [CH2-]CN(CCN(CCN(C[CH-]O[O-])C[CH-]O[O-])CC(=O)NCCCCCC(=O)NCCCCCC(=O)ON1C(=O)CCC1=O)CC([O-])O.[Gd]. The fourth-order valence-corrected chi connectivity index (χ4v) is 4.65. The first-order valence-electron chi connectivity index (χ1n) is 16.2. The summed E-state index contributed by atoms with van der Waals surface area (Å²) in [6.45, 7) is 8.68. The van der Waals surface area contributed by atoms with Crippen LogP contribution < -0.4 is 26.3 Å². The van der Waals surface area contributed by atoms with Gasteiger partial charge < -0.3 is 62.7 Å². The van der Waals surface area contributed by atoms with Crippen molar-refractivity contribution in [2.75, 3.05) is 72.0 Å². The third-order valence-electron chi connectivity index (χ3n) is 7.35. The third-order valence-corrected chi connectivity index (χ3v) is 7.35. The van der Waals surface area contributed by atoms with Gasteiger partial charge in [0.15, 0.2) is 0 Å². The van der Waals surface area contributed by atoms with Gasteiger partial charge in [-0.1, -0.05) is 12.8 Å². The van der Waals surface area contributed by atoms with E-state index >= 15 is 0 Å². The molecular weight excluding hydrogens is 794 g/mol. The summed E-state index contributed by atoms with van der Waals surface area (Å²) in [5.74, 6) is -1.98. The van der Waals surface area contributed by atoms with Gasteiger partial charge in [-0.25, -0.2) is 18.0 Å². The molecule has 1 atom stereocenters. The van der Waals surface area contributed by atoms with Gasteiger partial charge >= 0.3 is 5.97 Å². The monoisotopic (exact) mass is 844 g/mol. The van der Waals surface area contributed by atoms with Crippen LogP contribution >= 0.6 is 0 Å². The van der Waals surface area contributed by atoms with E-state index in [9.17, 15) is 44.7 Å². The van der Waals surface area contributed by atoms with Gasteiger partial charge in [0.1, 0.15) is 0 Å². The van der Waals surface area contributed by atoms with E-state index in [0.29, 0.717) is 89.4 Å². The van der Waals surface area contributed by atoms with Crippen LogP contribution in [-0.2, 0) is 38.6 Å². The second-order valence-electron chi connectivity index (χ2n) is 11.2. The molecule has 0 radical (unpaired) electrons. The van der Waals surface area contributed by atoms with Crippen LogP contribution in [0.2, 0.25) is 0 Å². The number of unbranched alkanes of at least 4 members (excludes halogenated alkanes) is 4. The normalized spacial score (nSPS) is 13.7. The summed E-state index contributed by atoms with van der Waals surface area (Å²) in [5.41, 5.74) is 0. The Hall–Kier alpha value is -1.49. The molecule has 0 aromatic carbocycles. The van der Waals surface area contributed by atoms with E-state index in [1.54, 1.807) is 9.80 Å². The minimum atomic E-state index is -1.77. The van der Waals surface area contributed by atoms with Crippen LogP contribution in [0, 0.1) is 60.1 Å². The fourth-order valence-electron chi connectivity index (χ4n) is 4.65. The number of carbonyl (C=O) groups excluding carboxylic acids is 5. The van der Waals surface area contributed by atoms with Crippen molar-refractivity contribution in [2.24, 2.45) is 0 Å². The number of hydrogen-bond acceptors (Lipinski definition) is 15. The standard InChI is InChI=1S/C30H52N6O12.Gd/c1-2-33(24-29(41)42)15-17-35(18-16-34(19-21-46-44)20-22-47-45)23-26(38)32-14-7-3-5-9-25(37)31-13-8-4-6-10-30(43)48-36-27(39)11-12-28(36)40;/h21-22,29,41,44-45H,1-20,23-24H2,(H,31,37)(H,32,38);/q-4;/p-2. The maximum Gasteiger partial charge on any atom is 0.333 e. The van der Waals surface area contributed by atoms with Crippen molar-refractivity contribution in [3.63, 3.8) is 0 Å². The minimum absolute atomic E-state index is 0. The molecule has 49 heavy (non-hydrogen) atoms. The Kier molecular flexibility index (Phi) is 29.3. The molecule has 1 saturated heterocycles. The van der Waals surface area contributed by atoms with Crippen molar-refractivity contribution in [1.82, 2.24) is 30.4 Å². The first kappa shape index (κ1) is 47.5. The summed E-state index contributed by atoms with van der Waals surface area (Å²) < 4.78 is 0. The number of hydroxylamine groups is 2. The van der Waals surface area contributed by atoms with E-state index in [4.69, 9.17) is 4.84 Å². The predicted molar refractivity (Wildman–Crippen MR) is 162 cm³/mol. The molecule has 0 bridgehead atoms. The minimum Gasteiger partial charge on any atom is -0.830 e. The maximum absolute atomic E-state index is 12.7. The quantitative estimate of drug-likeness (QED) is 0.0157. The van der Waals surface area contributed by atoms with Crippen LogP contribution in [0.5, 0.6) is 0 Å². The Labute approximate surface area is 320 Å². The molecule has 1 unspecified atom stereocenters. The molecule has 0 saturated carbocycles. The average Bonchev–Trinajstić information content (AvgIpc) is 3.37. The average molecular weight is 844 g/mol. The van der Waals surface area contributed by atoms with E-state index in [-0.39, 0.29) is 97.2 Å². The molecule has 1 rings (SSSR count). The zero-order valence-corrected chi connectivity index (χ0v) is 30.1. The Morgan fingerprint density at radius 1 is 0.816 bits per heavy atom. The van der Waals surface area contributed by atoms with Gasteiger partial charge in [-0.2, -0.15) is 0 Å². The maximum atomic E-state index is 12.7. The van der Waals surface area contributed by atoms with E-state index in [0.717, 1.165) is 19.6 Å². The van der Waals surface area contributed by atoms with E-state index < -0.39 is 24.1 Å².